The molecular formula is C19H25N3O7S2. The Labute approximate surface area is 188 Å². The molecule has 3 N–H and O–H groups in total. The summed E-state index contributed by atoms with van der Waals surface area (Å²) in [6.07, 6.45) is -0.798. The van der Waals surface area contributed by atoms with Gasteiger partial charge in [-0.25, -0.2) is 9.59 Å². The third-order valence-corrected chi connectivity index (χ3v) is 6.76. The first-order valence-electron chi connectivity index (χ1n) is 9.61. The van der Waals surface area contributed by atoms with Gasteiger partial charge >= 0.3 is 12.1 Å². The Bertz CT molecular complexity index is 865. The lowest BCUT2D eigenvalue weighted by Gasteiger charge is -2.49. The van der Waals surface area contributed by atoms with Crippen LogP contribution < -0.4 is 10.6 Å². The van der Waals surface area contributed by atoms with Gasteiger partial charge in [-0.3, -0.25) is 14.5 Å². The Balaban J connectivity index is 1.74. The molecule has 3 amide bonds. The van der Waals surface area contributed by atoms with E-state index in [1.807, 2.05) is 0 Å². The van der Waals surface area contributed by atoms with Crippen LogP contribution in [0.1, 0.15) is 27.7 Å². The molecule has 3 aliphatic heterocycles. The largest absolute Gasteiger partial charge is 0.494 e. The van der Waals surface area contributed by atoms with E-state index in [0.29, 0.717) is 23.7 Å². The second kappa shape index (κ2) is 9.03. The fourth-order valence-corrected chi connectivity index (χ4v) is 5.20. The van der Waals surface area contributed by atoms with Crippen LogP contribution in [0.5, 0.6) is 0 Å². The molecule has 3 heterocycles. The molecule has 3 rings (SSSR count). The predicted molar refractivity (Wildman–Crippen MR) is 115 cm³/mol. The van der Waals surface area contributed by atoms with Gasteiger partial charge in [-0.1, -0.05) is 0 Å². The molecule has 0 radical (unpaired) electrons. The molecule has 0 saturated carbocycles. The number of β-lactam (4-membered cyclic amide) rings is 1. The third-order valence-electron chi connectivity index (χ3n) is 4.54. The fraction of sp³-hybridized carbons (Fsp3) is 0.579. The SMILES string of the molecule is CC1=C(C(=O)O)N2C(=O)C(NC(=O)C(NC(=O)OC(C)(C)C)C3=CSCCO3)C2SC1. The van der Waals surface area contributed by atoms with Gasteiger partial charge in [0.15, 0.2) is 6.04 Å². The first-order valence-corrected chi connectivity index (χ1v) is 11.7. The molecule has 0 aromatic heterocycles. The van der Waals surface area contributed by atoms with Crippen molar-refractivity contribution in [3.05, 3.63) is 22.4 Å². The number of carboxylic acids is 1. The van der Waals surface area contributed by atoms with Crippen molar-refractivity contribution in [3.8, 4) is 0 Å². The summed E-state index contributed by atoms with van der Waals surface area (Å²) in [5.74, 6) is -0.924. The molecule has 0 bridgehead atoms. The number of carboxylic acid groups (broad SMARTS) is 1. The number of thioether (sulfide) groups is 2. The zero-order valence-electron chi connectivity index (χ0n) is 17.6. The van der Waals surface area contributed by atoms with Gasteiger partial charge < -0.3 is 25.2 Å². The highest BCUT2D eigenvalue weighted by Crippen LogP contribution is 2.40. The molecule has 3 atom stereocenters. The highest BCUT2D eigenvalue weighted by molar-refractivity contribution is 8.02. The monoisotopic (exact) mass is 471 g/mol. The molecule has 0 aliphatic carbocycles. The molecule has 31 heavy (non-hydrogen) atoms. The van der Waals surface area contributed by atoms with E-state index in [4.69, 9.17) is 9.47 Å². The average molecular weight is 472 g/mol. The Morgan fingerprint density at radius 3 is 2.65 bits per heavy atom. The van der Waals surface area contributed by atoms with Crippen molar-refractivity contribution < 1.29 is 33.8 Å². The van der Waals surface area contributed by atoms with E-state index < -0.39 is 46.9 Å². The molecule has 3 aliphatic rings. The summed E-state index contributed by atoms with van der Waals surface area (Å²) >= 11 is 2.81. The number of ether oxygens (including phenoxy) is 2. The number of hydrogen-bond acceptors (Lipinski definition) is 8. The lowest BCUT2D eigenvalue weighted by molar-refractivity contribution is -0.151. The van der Waals surface area contributed by atoms with Crippen LogP contribution in [0.4, 0.5) is 4.79 Å². The van der Waals surface area contributed by atoms with Crippen LogP contribution in [0.25, 0.3) is 0 Å². The number of alkyl carbamates (subject to hydrolysis) is 1. The van der Waals surface area contributed by atoms with Crippen LogP contribution in [0.15, 0.2) is 22.4 Å². The van der Waals surface area contributed by atoms with Crippen molar-refractivity contribution in [2.45, 2.75) is 50.8 Å². The molecular weight excluding hydrogens is 446 g/mol. The highest BCUT2D eigenvalue weighted by Gasteiger charge is 2.54. The summed E-state index contributed by atoms with van der Waals surface area (Å²) in [6, 6.07) is -2.09. The zero-order valence-corrected chi connectivity index (χ0v) is 19.2. The molecule has 0 aromatic rings. The van der Waals surface area contributed by atoms with Gasteiger partial charge in [0.25, 0.3) is 11.8 Å². The van der Waals surface area contributed by atoms with Crippen LogP contribution in [-0.4, -0.2) is 75.1 Å². The number of amides is 3. The summed E-state index contributed by atoms with van der Waals surface area (Å²) in [6.45, 7) is 7.14. The molecule has 0 spiro atoms. The van der Waals surface area contributed by atoms with Gasteiger partial charge in [0.05, 0.1) is 6.61 Å². The lowest BCUT2D eigenvalue weighted by Crippen LogP contribution is -2.71. The van der Waals surface area contributed by atoms with Gasteiger partial charge in [0, 0.05) is 16.9 Å². The molecule has 10 nitrogen and oxygen atoms in total. The zero-order chi connectivity index (χ0) is 22.9. The molecule has 170 valence electrons. The van der Waals surface area contributed by atoms with Crippen LogP contribution in [-0.2, 0) is 23.9 Å². The van der Waals surface area contributed by atoms with Crippen LogP contribution >= 0.6 is 23.5 Å². The maximum absolute atomic E-state index is 13.0. The minimum atomic E-state index is -1.19. The lowest BCUT2D eigenvalue weighted by atomic mass is 10.0. The molecule has 0 aromatic carbocycles. The Morgan fingerprint density at radius 1 is 1.35 bits per heavy atom. The number of fused-ring (bicyclic) bond motifs is 1. The highest BCUT2D eigenvalue weighted by atomic mass is 32.2. The van der Waals surface area contributed by atoms with Gasteiger partial charge in [0.2, 0.25) is 0 Å². The molecule has 12 heteroatoms. The second-order valence-corrected chi connectivity index (χ2v) is 10.2. The predicted octanol–water partition coefficient (Wildman–Crippen LogP) is 1.24. The molecule has 3 unspecified atom stereocenters. The summed E-state index contributed by atoms with van der Waals surface area (Å²) in [7, 11) is 0. The van der Waals surface area contributed by atoms with Crippen LogP contribution in [0, 0.1) is 0 Å². The summed E-state index contributed by atoms with van der Waals surface area (Å²) < 4.78 is 10.8. The Kier molecular flexibility index (Phi) is 6.79. The second-order valence-electron chi connectivity index (χ2n) is 8.15. The number of rotatable bonds is 5. The quantitative estimate of drug-likeness (QED) is 0.506. The number of nitrogens with zero attached hydrogens (tertiary/aromatic N) is 1. The van der Waals surface area contributed by atoms with Gasteiger partial charge in [-0.05, 0) is 33.3 Å². The van der Waals surface area contributed by atoms with Crippen molar-refractivity contribution in [2.75, 3.05) is 18.1 Å². The van der Waals surface area contributed by atoms with Crippen molar-refractivity contribution in [1.82, 2.24) is 15.5 Å². The van der Waals surface area contributed by atoms with Crippen molar-refractivity contribution in [1.29, 1.82) is 0 Å². The summed E-state index contributed by atoms with van der Waals surface area (Å²) in [5.41, 5.74) is -0.214. The van der Waals surface area contributed by atoms with Crippen molar-refractivity contribution in [2.24, 2.45) is 0 Å². The molecule has 1 saturated heterocycles. The van der Waals surface area contributed by atoms with Gasteiger partial charge in [-0.2, -0.15) is 0 Å². The first-order chi connectivity index (χ1) is 14.5. The Morgan fingerprint density at radius 2 is 2.06 bits per heavy atom. The minimum absolute atomic E-state index is 0.0441. The van der Waals surface area contributed by atoms with E-state index in [1.165, 1.54) is 28.4 Å². The van der Waals surface area contributed by atoms with E-state index in [2.05, 4.69) is 10.6 Å². The fourth-order valence-electron chi connectivity index (χ4n) is 3.24. The Hall–Kier alpha value is -2.34. The minimum Gasteiger partial charge on any atom is -0.494 e. The van der Waals surface area contributed by atoms with E-state index in [0.717, 1.165) is 0 Å². The van der Waals surface area contributed by atoms with Crippen molar-refractivity contribution in [3.63, 3.8) is 0 Å². The number of aliphatic carboxylic acids is 1. The van der Waals surface area contributed by atoms with E-state index in [9.17, 15) is 24.3 Å². The summed E-state index contributed by atoms with van der Waals surface area (Å²) in [5, 5.41) is 15.7. The number of carbonyl (C=O) groups excluding carboxylic acids is 3. The van der Waals surface area contributed by atoms with Gasteiger partial charge in [-0.15, -0.1) is 23.5 Å². The maximum atomic E-state index is 13.0. The number of carbonyl (C=O) groups is 4. The van der Waals surface area contributed by atoms with E-state index in [-0.39, 0.29) is 11.5 Å². The van der Waals surface area contributed by atoms with Crippen LogP contribution in [0.3, 0.4) is 0 Å². The first kappa shape index (κ1) is 23.3. The standard InChI is InChI=1S/C19H25N3O7S2/c1-9-7-31-16-12(15(24)22(16)13(9)17(25)26)20-14(23)11(10-8-30-6-5-28-10)21-18(27)29-19(2,3)4/h8,11-12,16H,5-7H2,1-4H3,(H,20,23)(H,21,27)(H,25,26). The van der Waals surface area contributed by atoms with Crippen LogP contribution in [0.2, 0.25) is 0 Å². The van der Waals surface area contributed by atoms with Crippen molar-refractivity contribution >= 4 is 47.4 Å². The number of hydrogen-bond donors (Lipinski definition) is 3. The molecule has 1 fully saturated rings. The van der Waals surface area contributed by atoms with Gasteiger partial charge in [0.1, 0.15) is 28.5 Å². The summed E-state index contributed by atoms with van der Waals surface area (Å²) in [4.78, 5) is 50.7. The topological polar surface area (TPSA) is 134 Å². The van der Waals surface area contributed by atoms with E-state index in [1.54, 1.807) is 33.1 Å². The van der Waals surface area contributed by atoms with E-state index >= 15 is 0 Å². The number of nitrogens with one attached hydrogen (secondary N) is 2. The maximum Gasteiger partial charge on any atom is 0.408 e. The normalized spacial score (nSPS) is 24.2. The third kappa shape index (κ3) is 5.12. The smallest absolute Gasteiger partial charge is 0.408 e. The average Bonchev–Trinajstić information content (AvgIpc) is 2.69.